The lowest BCUT2D eigenvalue weighted by Gasteiger charge is -2.42. The number of fused-ring (bicyclic) bond motifs is 3. The lowest BCUT2D eigenvalue weighted by atomic mass is 9.78. The third-order valence-electron chi connectivity index (χ3n) is 14.1. The number of carbonyl (C=O) groups is 5. The number of rotatable bonds is 6. The summed E-state index contributed by atoms with van der Waals surface area (Å²) in [6.07, 6.45) is 12.1. The first-order valence-electron chi connectivity index (χ1n) is 23.4. The molecule has 3 N–H and O–H groups in total. The van der Waals surface area contributed by atoms with E-state index in [-0.39, 0.29) is 54.8 Å². The minimum absolute atomic E-state index is 0.0947. The molecule has 0 radical (unpaired) electrons. The van der Waals surface area contributed by atoms with Crippen LogP contribution in [0.4, 0.5) is 0 Å². The number of ether oxygens (including phenoxy) is 5. The van der Waals surface area contributed by atoms with Gasteiger partial charge in [-0.25, -0.2) is 4.79 Å². The highest BCUT2D eigenvalue weighted by Gasteiger charge is 2.53. The number of cyclic esters (lactones) is 1. The Hall–Kier alpha value is -3.11. The first-order valence-corrected chi connectivity index (χ1v) is 23.4. The van der Waals surface area contributed by atoms with Gasteiger partial charge in [0.05, 0.1) is 24.4 Å². The molecule has 2 bridgehead atoms. The van der Waals surface area contributed by atoms with Crippen LogP contribution >= 0.6 is 0 Å². The number of carbonyl (C=O) groups excluding carboxylic acids is 5. The highest BCUT2D eigenvalue weighted by molar-refractivity contribution is 6.39. The second-order valence-electron chi connectivity index (χ2n) is 18.8. The average Bonchev–Trinajstić information content (AvgIpc) is 3.27. The van der Waals surface area contributed by atoms with Crippen LogP contribution in [0, 0.1) is 29.6 Å². The number of aliphatic hydroxyl groups is 3. The molecule has 3 aliphatic heterocycles. The fraction of sp³-hybridized carbons (Fsp3) is 0.776. The molecule has 2 saturated heterocycles. The molecule has 3 fully saturated rings. The van der Waals surface area contributed by atoms with Crippen molar-refractivity contribution in [3.8, 4) is 0 Å². The van der Waals surface area contributed by atoms with Crippen LogP contribution in [0.1, 0.15) is 131 Å². The molecular weight excluding hydrogens is 811 g/mol. The highest BCUT2D eigenvalue weighted by atomic mass is 16.6. The largest absolute Gasteiger partial charge is 0.460 e. The van der Waals surface area contributed by atoms with E-state index in [2.05, 4.69) is 0 Å². The standard InChI is InChI=1S/C49H77NO13/c1-30-17-13-11-9-10-12-14-18-36(59-6)28-37-22-20-34(5)49(58,63-37)46(55)47(56)50-24-16-15-19-38(50)48(57)62-41(32(3)26-35-21-23-39(51)42(27-35)60-7)29-40(52)31(2)25-33(4)44(54)45(61-8)43(30)53/h10,12,14,18,25,30-32,34-39,41-42,44-45,51,54,58H,9,11,13,15-17,19-24,26-29H2,1-8H3/b12-10-,18-14+,33-25-/t30-,31-,32-,34-,35-,36-,37+,38+,39-,41+,42-,44-,45+,49-/m1/s1. The maximum absolute atomic E-state index is 14.3. The smallest absolute Gasteiger partial charge is 0.329 e. The summed E-state index contributed by atoms with van der Waals surface area (Å²) in [5.74, 6) is -7.78. The molecule has 63 heavy (non-hydrogen) atoms. The summed E-state index contributed by atoms with van der Waals surface area (Å²) in [6, 6.07) is -1.13. The van der Waals surface area contributed by atoms with E-state index in [1.54, 1.807) is 41.1 Å². The number of nitrogens with zero attached hydrogens (tertiary/aromatic N) is 1. The Morgan fingerprint density at radius 3 is 2.30 bits per heavy atom. The fourth-order valence-electron chi connectivity index (χ4n) is 9.76. The van der Waals surface area contributed by atoms with Crippen LogP contribution in [0.2, 0.25) is 0 Å². The van der Waals surface area contributed by atoms with Crippen molar-refractivity contribution < 1.29 is 63.0 Å². The van der Waals surface area contributed by atoms with Gasteiger partial charge in [-0.2, -0.15) is 0 Å². The summed E-state index contributed by atoms with van der Waals surface area (Å²) in [4.78, 5) is 71.4. The third kappa shape index (κ3) is 14.2. The van der Waals surface area contributed by atoms with Crippen molar-refractivity contribution in [1.82, 2.24) is 4.90 Å². The quantitative estimate of drug-likeness (QED) is 0.166. The van der Waals surface area contributed by atoms with Crippen molar-refractivity contribution in [2.24, 2.45) is 29.6 Å². The predicted octanol–water partition coefficient (Wildman–Crippen LogP) is 5.77. The highest BCUT2D eigenvalue weighted by Crippen LogP contribution is 2.37. The van der Waals surface area contributed by atoms with E-state index in [4.69, 9.17) is 23.7 Å². The van der Waals surface area contributed by atoms with Gasteiger partial charge in [0.2, 0.25) is 5.79 Å². The molecular formula is C49H77NO13. The number of hydrogen-bond donors (Lipinski definition) is 3. The van der Waals surface area contributed by atoms with Crippen molar-refractivity contribution in [3.05, 3.63) is 36.0 Å². The summed E-state index contributed by atoms with van der Waals surface area (Å²) in [5, 5.41) is 33.7. The Kier molecular flexibility index (Phi) is 20.8. The Balaban J connectivity index is 1.66. The van der Waals surface area contributed by atoms with E-state index in [0.717, 1.165) is 25.7 Å². The minimum atomic E-state index is -2.41. The molecule has 14 heteroatoms. The Labute approximate surface area is 375 Å². The molecule has 0 spiro atoms. The Bertz CT molecular complexity index is 1630. The van der Waals surface area contributed by atoms with Gasteiger partial charge >= 0.3 is 5.97 Å². The van der Waals surface area contributed by atoms with Gasteiger partial charge < -0.3 is 43.9 Å². The Morgan fingerprint density at radius 2 is 1.60 bits per heavy atom. The molecule has 4 aliphatic rings. The molecule has 14 nitrogen and oxygen atoms in total. The third-order valence-corrected chi connectivity index (χ3v) is 14.1. The molecule has 1 saturated carbocycles. The summed E-state index contributed by atoms with van der Waals surface area (Å²) in [5.41, 5.74) is 0.402. The van der Waals surface area contributed by atoms with Gasteiger partial charge in [0.1, 0.15) is 30.1 Å². The summed E-state index contributed by atoms with van der Waals surface area (Å²) in [6.45, 7) is 8.86. The monoisotopic (exact) mass is 888 g/mol. The SMILES string of the molecule is CO[C@@H]1/C=C/C=C\CCCC[C@@H](C)C(=O)[C@H](OC)[C@H](O)/C(C)=C\[C@@H](C)C(=O)C[C@@H]([C@H](C)C[C@H]2CC[C@@H](O)[C@H](OC)C2)OC(=O)[C@@H]2CCCCN2C(=O)C(=O)[C@]2(O)O[C@@H](CC[C@H]2C)C1. The number of hydrogen-bond acceptors (Lipinski definition) is 13. The zero-order valence-corrected chi connectivity index (χ0v) is 39.1. The first-order chi connectivity index (χ1) is 29.9. The van der Waals surface area contributed by atoms with E-state index < -0.39 is 77.9 Å². The fourth-order valence-corrected chi connectivity index (χ4v) is 9.76. The van der Waals surface area contributed by atoms with Gasteiger partial charge in [0, 0.05) is 58.5 Å². The van der Waals surface area contributed by atoms with Gasteiger partial charge in [0.15, 0.2) is 5.78 Å². The second-order valence-corrected chi connectivity index (χ2v) is 18.8. The van der Waals surface area contributed by atoms with Gasteiger partial charge in [-0.3, -0.25) is 19.2 Å². The second kappa shape index (κ2) is 25.0. The van der Waals surface area contributed by atoms with Crippen LogP contribution in [0.5, 0.6) is 0 Å². The lowest BCUT2D eigenvalue weighted by molar-refractivity contribution is -0.265. The molecule has 356 valence electrons. The van der Waals surface area contributed by atoms with Crippen LogP contribution < -0.4 is 0 Å². The van der Waals surface area contributed by atoms with Gasteiger partial charge in [0.25, 0.3) is 11.7 Å². The minimum Gasteiger partial charge on any atom is -0.460 e. The number of aliphatic hydroxyl groups excluding tert-OH is 2. The van der Waals surface area contributed by atoms with E-state index in [1.165, 1.54) is 12.0 Å². The van der Waals surface area contributed by atoms with Crippen molar-refractivity contribution in [2.75, 3.05) is 27.9 Å². The predicted molar refractivity (Wildman–Crippen MR) is 236 cm³/mol. The lowest BCUT2D eigenvalue weighted by Crippen LogP contribution is -2.60. The molecule has 0 aromatic heterocycles. The van der Waals surface area contributed by atoms with Crippen molar-refractivity contribution in [2.45, 2.75) is 185 Å². The number of ketones is 3. The van der Waals surface area contributed by atoms with Crippen LogP contribution in [-0.4, -0.2) is 132 Å². The normalized spacial score (nSPS) is 39.4. The molecule has 4 rings (SSSR count). The van der Waals surface area contributed by atoms with Crippen molar-refractivity contribution >= 4 is 29.2 Å². The van der Waals surface area contributed by atoms with Gasteiger partial charge in [-0.05, 0) is 101 Å². The maximum Gasteiger partial charge on any atom is 0.329 e. The summed E-state index contributed by atoms with van der Waals surface area (Å²) < 4.78 is 29.1. The number of methoxy groups -OCH3 is 3. The number of amides is 1. The maximum atomic E-state index is 14.3. The van der Waals surface area contributed by atoms with E-state index >= 15 is 0 Å². The number of esters is 1. The molecule has 1 amide bonds. The van der Waals surface area contributed by atoms with Crippen LogP contribution in [0.25, 0.3) is 0 Å². The van der Waals surface area contributed by atoms with E-state index in [9.17, 15) is 39.3 Å². The topological polar surface area (TPSA) is 195 Å². The molecule has 14 atom stereocenters. The average molecular weight is 888 g/mol. The number of allylic oxidation sites excluding steroid dienone is 4. The molecule has 1 aliphatic carbocycles. The van der Waals surface area contributed by atoms with Crippen LogP contribution in [-0.2, 0) is 47.7 Å². The molecule has 0 aromatic rings. The zero-order chi connectivity index (χ0) is 46.4. The van der Waals surface area contributed by atoms with Crippen LogP contribution in [0.15, 0.2) is 36.0 Å². The van der Waals surface area contributed by atoms with E-state index in [1.807, 2.05) is 38.2 Å². The first kappa shape index (κ1) is 52.5. The van der Waals surface area contributed by atoms with Gasteiger partial charge in [-0.1, -0.05) is 64.5 Å². The molecule has 0 unspecified atom stereocenters. The zero-order valence-electron chi connectivity index (χ0n) is 39.1. The Morgan fingerprint density at radius 1 is 0.873 bits per heavy atom. The van der Waals surface area contributed by atoms with Crippen molar-refractivity contribution in [3.63, 3.8) is 0 Å². The summed E-state index contributed by atoms with van der Waals surface area (Å²) in [7, 11) is 4.52. The van der Waals surface area contributed by atoms with Crippen molar-refractivity contribution in [1.29, 1.82) is 0 Å². The number of Topliss-reactive ketones (excluding diaryl/α,β-unsaturated/α-hetero) is 3. The van der Waals surface area contributed by atoms with Gasteiger partial charge in [-0.15, -0.1) is 0 Å². The van der Waals surface area contributed by atoms with Crippen LogP contribution in [0.3, 0.4) is 0 Å². The molecule has 0 aromatic carbocycles. The van der Waals surface area contributed by atoms with E-state index in [0.29, 0.717) is 63.4 Å². The molecule has 3 heterocycles. The summed E-state index contributed by atoms with van der Waals surface area (Å²) >= 11 is 0. The number of piperidine rings is 1.